The Hall–Kier alpha value is -4.58. The van der Waals surface area contributed by atoms with Crippen molar-refractivity contribution < 1.29 is 40.7 Å². The van der Waals surface area contributed by atoms with Crippen molar-refractivity contribution >= 4 is 44.3 Å². The Labute approximate surface area is 260 Å². The smallest absolute Gasteiger partial charge is 0.330 e. The Morgan fingerprint density at radius 1 is 1.02 bits per heavy atom. The third-order valence-electron chi connectivity index (χ3n) is 7.23. The van der Waals surface area contributed by atoms with Crippen molar-refractivity contribution in [1.82, 2.24) is 5.32 Å². The number of esters is 1. The number of rotatable bonds is 12. The van der Waals surface area contributed by atoms with Gasteiger partial charge in [-0.25, -0.2) is 17.6 Å². The van der Waals surface area contributed by atoms with E-state index >= 15 is 0 Å². The maximum absolute atomic E-state index is 13.7. The number of alkyl halides is 1. The maximum Gasteiger partial charge on any atom is 0.330 e. The highest BCUT2D eigenvalue weighted by Gasteiger charge is 2.31. The maximum atomic E-state index is 13.7. The summed E-state index contributed by atoms with van der Waals surface area (Å²) in [5, 5.41) is 3.01. The molecule has 1 N–H and O–H groups in total. The van der Waals surface area contributed by atoms with Gasteiger partial charge < -0.3 is 14.5 Å². The van der Waals surface area contributed by atoms with Gasteiger partial charge in [-0.15, -0.1) is 0 Å². The van der Waals surface area contributed by atoms with Crippen LogP contribution in [0.1, 0.15) is 54.3 Å². The molecule has 0 aliphatic rings. The van der Waals surface area contributed by atoms with Gasteiger partial charge in [0.25, 0.3) is 5.91 Å². The van der Waals surface area contributed by atoms with Gasteiger partial charge in [0.2, 0.25) is 10.0 Å². The largest absolute Gasteiger partial charge is 0.467 e. The molecule has 0 atom stereocenters. The van der Waals surface area contributed by atoms with Crippen LogP contribution < -0.4 is 9.62 Å². The average Bonchev–Trinajstić information content (AvgIpc) is 3.38. The second-order valence-electron chi connectivity index (χ2n) is 11.0. The van der Waals surface area contributed by atoms with E-state index in [9.17, 15) is 31.6 Å². The minimum absolute atomic E-state index is 0.0891. The number of carbonyl (C=O) groups is 3. The molecule has 1 heterocycles. The highest BCUT2D eigenvalue weighted by molar-refractivity contribution is 7.92. The minimum Gasteiger partial charge on any atom is -0.467 e. The van der Waals surface area contributed by atoms with Crippen molar-refractivity contribution in [3.8, 4) is 22.5 Å². The number of Topliss-reactive ketones (excluding diaryl/α,β-unsaturated/α-hetero) is 1. The van der Waals surface area contributed by atoms with Crippen LogP contribution in [0.3, 0.4) is 0 Å². The monoisotopic (exact) mass is 640 g/mol. The van der Waals surface area contributed by atoms with Gasteiger partial charge in [-0.3, -0.25) is 18.3 Å². The predicted molar refractivity (Wildman–Crippen MR) is 168 cm³/mol. The standard InChI is InChI=1S/C33H34F2N2O7S/c1-6-27(38)29-25-18-24(21-9-7-10-22(17-21)31(39)36-33(2,3)32(40)43-4)26(37(16-8-15-34)45(5,41)42)19-28(25)44-30(29)20-11-13-23(35)14-12-20/h7,9-14,17-19H,6,8,15-16H2,1-5H3,(H,36,39). The van der Waals surface area contributed by atoms with E-state index in [1.54, 1.807) is 25.1 Å². The number of hydrogen-bond donors (Lipinski definition) is 1. The van der Waals surface area contributed by atoms with Crippen molar-refractivity contribution in [2.24, 2.45) is 0 Å². The van der Waals surface area contributed by atoms with E-state index in [0.717, 1.165) is 10.6 Å². The lowest BCUT2D eigenvalue weighted by molar-refractivity contribution is -0.146. The summed E-state index contributed by atoms with van der Waals surface area (Å²) in [6.07, 6.45) is 1.03. The fraction of sp³-hybridized carbons (Fsp3) is 0.303. The molecule has 0 fully saturated rings. The van der Waals surface area contributed by atoms with Gasteiger partial charge >= 0.3 is 5.97 Å². The lowest BCUT2D eigenvalue weighted by Gasteiger charge is -2.25. The Bertz CT molecular complexity index is 1870. The van der Waals surface area contributed by atoms with Gasteiger partial charge in [0, 0.05) is 41.1 Å². The van der Waals surface area contributed by atoms with Crippen LogP contribution in [0, 0.1) is 5.82 Å². The summed E-state index contributed by atoms with van der Waals surface area (Å²) >= 11 is 0. The number of sulfonamides is 1. The molecule has 4 rings (SSSR count). The number of nitrogens with one attached hydrogen (secondary N) is 1. The molecule has 12 heteroatoms. The first-order valence-corrected chi connectivity index (χ1v) is 16.0. The summed E-state index contributed by atoms with van der Waals surface area (Å²) in [5.41, 5.74) is 0.553. The summed E-state index contributed by atoms with van der Waals surface area (Å²) in [4.78, 5) is 38.7. The quantitative estimate of drug-likeness (QED) is 0.142. The molecule has 3 aromatic carbocycles. The zero-order chi connectivity index (χ0) is 33.1. The molecule has 4 aromatic rings. The van der Waals surface area contributed by atoms with Crippen molar-refractivity contribution in [2.75, 3.05) is 30.9 Å². The second kappa shape index (κ2) is 13.2. The number of hydrogen-bond acceptors (Lipinski definition) is 7. The lowest BCUT2D eigenvalue weighted by Crippen LogP contribution is -2.50. The van der Waals surface area contributed by atoms with Crippen molar-refractivity contribution in [1.29, 1.82) is 0 Å². The average molecular weight is 641 g/mol. The van der Waals surface area contributed by atoms with Crippen molar-refractivity contribution in [3.63, 3.8) is 0 Å². The normalized spacial score (nSPS) is 11.8. The molecular weight excluding hydrogens is 606 g/mol. The highest BCUT2D eigenvalue weighted by Crippen LogP contribution is 2.42. The van der Waals surface area contributed by atoms with E-state index < -0.39 is 39.9 Å². The molecule has 0 radical (unpaired) electrons. The molecule has 0 bridgehead atoms. The van der Waals surface area contributed by atoms with Gasteiger partial charge in [0.05, 0.1) is 31.3 Å². The molecule has 1 aromatic heterocycles. The first-order valence-electron chi connectivity index (χ1n) is 14.2. The molecule has 238 valence electrons. The van der Waals surface area contributed by atoms with Crippen LogP contribution in [0.2, 0.25) is 0 Å². The third-order valence-corrected chi connectivity index (χ3v) is 8.41. The Morgan fingerprint density at radius 2 is 1.71 bits per heavy atom. The van der Waals surface area contributed by atoms with Crippen molar-refractivity contribution in [2.45, 2.75) is 39.2 Å². The topological polar surface area (TPSA) is 123 Å². The van der Waals surface area contributed by atoms with Crippen LogP contribution in [-0.2, 0) is 19.6 Å². The van der Waals surface area contributed by atoms with Gasteiger partial charge in [-0.05, 0) is 68.3 Å². The number of carbonyl (C=O) groups excluding carboxylic acids is 3. The number of anilines is 1. The zero-order valence-electron chi connectivity index (χ0n) is 25.6. The van der Waals surface area contributed by atoms with E-state index in [-0.39, 0.29) is 53.3 Å². The predicted octanol–water partition coefficient (Wildman–Crippen LogP) is 6.31. The van der Waals surface area contributed by atoms with E-state index in [2.05, 4.69) is 5.32 Å². The van der Waals surface area contributed by atoms with E-state index in [4.69, 9.17) is 9.15 Å². The van der Waals surface area contributed by atoms with Gasteiger partial charge in [0.1, 0.15) is 22.7 Å². The fourth-order valence-corrected chi connectivity index (χ4v) is 5.96. The van der Waals surface area contributed by atoms with E-state index in [0.29, 0.717) is 22.1 Å². The molecule has 0 unspecified atom stereocenters. The van der Waals surface area contributed by atoms with Crippen molar-refractivity contribution in [3.05, 3.63) is 77.6 Å². The molecule has 0 saturated carbocycles. The summed E-state index contributed by atoms with van der Waals surface area (Å²) < 4.78 is 65.1. The molecule has 9 nitrogen and oxygen atoms in total. The Morgan fingerprint density at radius 3 is 2.31 bits per heavy atom. The van der Waals surface area contributed by atoms with Crippen LogP contribution in [0.4, 0.5) is 14.5 Å². The van der Waals surface area contributed by atoms with Crippen LogP contribution >= 0.6 is 0 Å². The summed E-state index contributed by atoms with van der Waals surface area (Å²) in [5.74, 6) is -1.79. The summed E-state index contributed by atoms with van der Waals surface area (Å²) in [6, 6.07) is 14.8. The van der Waals surface area contributed by atoms with Crippen LogP contribution in [0.5, 0.6) is 0 Å². The van der Waals surface area contributed by atoms with Crippen LogP contribution in [0.15, 0.2) is 65.1 Å². The lowest BCUT2D eigenvalue weighted by atomic mass is 9.95. The number of halogens is 2. The van der Waals surface area contributed by atoms with E-state index in [1.807, 2.05) is 0 Å². The van der Waals surface area contributed by atoms with Gasteiger partial charge in [-0.2, -0.15) is 0 Å². The Kier molecular flexibility index (Phi) is 9.76. The molecule has 0 aliphatic heterocycles. The minimum atomic E-state index is -3.95. The van der Waals surface area contributed by atoms with Gasteiger partial charge in [-0.1, -0.05) is 19.1 Å². The number of ether oxygens (including phenoxy) is 1. The molecule has 0 saturated heterocycles. The number of fused-ring (bicyclic) bond motifs is 1. The second-order valence-corrected chi connectivity index (χ2v) is 12.9. The number of nitrogens with zero attached hydrogens (tertiary/aromatic N) is 1. The van der Waals surface area contributed by atoms with Crippen LogP contribution in [-0.4, -0.2) is 58.2 Å². The Balaban J connectivity index is 2.00. The molecule has 0 spiro atoms. The van der Waals surface area contributed by atoms with E-state index in [1.165, 1.54) is 63.4 Å². The third kappa shape index (κ3) is 7.06. The first kappa shape index (κ1) is 33.3. The number of ketones is 1. The number of methoxy groups -OCH3 is 1. The SMILES string of the molecule is CCC(=O)c1c(-c2ccc(F)cc2)oc2cc(N(CCCF)S(C)(=O)=O)c(-c3cccc(C(=O)NC(C)(C)C(=O)OC)c3)cc12. The summed E-state index contributed by atoms with van der Waals surface area (Å²) in [6.45, 7) is 3.72. The fourth-order valence-electron chi connectivity index (χ4n) is 4.99. The number of benzene rings is 3. The molecule has 0 aliphatic carbocycles. The number of amides is 1. The molecule has 45 heavy (non-hydrogen) atoms. The highest BCUT2D eigenvalue weighted by atomic mass is 32.2. The first-order chi connectivity index (χ1) is 21.2. The van der Waals surface area contributed by atoms with Crippen LogP contribution in [0.25, 0.3) is 33.4 Å². The van der Waals surface area contributed by atoms with Gasteiger partial charge in [0.15, 0.2) is 5.78 Å². The zero-order valence-corrected chi connectivity index (χ0v) is 26.4. The molecule has 1 amide bonds. The number of furan rings is 1. The molecular formula is C33H34F2N2O7S. The summed E-state index contributed by atoms with van der Waals surface area (Å²) in [7, 11) is -2.74.